The predicted molar refractivity (Wildman–Crippen MR) is 73.9 cm³/mol. The summed E-state index contributed by atoms with van der Waals surface area (Å²) in [4.78, 5) is 12.0. The van der Waals surface area contributed by atoms with E-state index in [1.165, 1.54) is 0 Å². The number of carbonyl (C=O) groups excluding carboxylic acids is 1. The summed E-state index contributed by atoms with van der Waals surface area (Å²) in [5.74, 6) is 1.87. The molecule has 5 heteroatoms. The molecule has 1 aromatic carbocycles. The molecule has 1 aliphatic heterocycles. The zero-order valence-corrected chi connectivity index (χ0v) is 11.2. The molecule has 1 amide bonds. The van der Waals surface area contributed by atoms with Gasteiger partial charge in [0.25, 0.3) is 0 Å². The number of hydrogen-bond acceptors (Lipinski definition) is 3. The first-order chi connectivity index (χ1) is 8.16. The summed E-state index contributed by atoms with van der Waals surface area (Å²) in [5.41, 5.74) is 1.77. The van der Waals surface area contributed by atoms with Crippen LogP contribution in [-0.4, -0.2) is 30.0 Å². The number of halogens is 1. The first kappa shape index (κ1) is 12.7. The minimum absolute atomic E-state index is 0.00954. The van der Waals surface area contributed by atoms with Gasteiger partial charge < -0.3 is 10.6 Å². The van der Waals surface area contributed by atoms with E-state index in [-0.39, 0.29) is 11.9 Å². The van der Waals surface area contributed by atoms with E-state index in [0.717, 1.165) is 23.6 Å². The SMILES string of the molecule is Cc1ccc(Cl)c(NC(=O)C2CSCCN2)c1. The average molecular weight is 271 g/mol. The molecule has 0 aliphatic carbocycles. The number of nitrogens with one attached hydrogen (secondary N) is 2. The number of anilines is 1. The fourth-order valence-electron chi connectivity index (χ4n) is 1.69. The van der Waals surface area contributed by atoms with E-state index in [1.807, 2.05) is 19.1 Å². The molecular weight excluding hydrogens is 256 g/mol. The third kappa shape index (κ3) is 3.37. The van der Waals surface area contributed by atoms with Gasteiger partial charge in [-0.15, -0.1) is 0 Å². The second-order valence-electron chi connectivity index (χ2n) is 4.05. The summed E-state index contributed by atoms with van der Waals surface area (Å²) >= 11 is 7.83. The molecule has 1 aromatic rings. The third-order valence-corrected chi connectivity index (χ3v) is 4.01. The Kier molecular flexibility index (Phi) is 4.31. The van der Waals surface area contributed by atoms with Crippen molar-refractivity contribution in [1.82, 2.24) is 5.32 Å². The molecule has 0 spiro atoms. The highest BCUT2D eigenvalue weighted by Crippen LogP contribution is 2.23. The van der Waals surface area contributed by atoms with Crippen molar-refractivity contribution in [2.24, 2.45) is 0 Å². The van der Waals surface area contributed by atoms with Gasteiger partial charge in [-0.1, -0.05) is 17.7 Å². The van der Waals surface area contributed by atoms with Gasteiger partial charge in [-0.2, -0.15) is 11.8 Å². The third-order valence-electron chi connectivity index (χ3n) is 2.62. The number of amides is 1. The van der Waals surface area contributed by atoms with Crippen molar-refractivity contribution in [3.05, 3.63) is 28.8 Å². The highest BCUT2D eigenvalue weighted by Gasteiger charge is 2.21. The fourth-order valence-corrected chi connectivity index (χ4v) is 2.79. The summed E-state index contributed by atoms with van der Waals surface area (Å²) in [6.45, 7) is 2.85. The van der Waals surface area contributed by atoms with Gasteiger partial charge in [-0.05, 0) is 24.6 Å². The maximum Gasteiger partial charge on any atom is 0.242 e. The van der Waals surface area contributed by atoms with Crippen LogP contribution in [-0.2, 0) is 4.79 Å². The van der Waals surface area contributed by atoms with Crippen molar-refractivity contribution >= 4 is 35.0 Å². The molecule has 1 unspecified atom stereocenters. The van der Waals surface area contributed by atoms with E-state index < -0.39 is 0 Å². The molecule has 1 saturated heterocycles. The van der Waals surface area contributed by atoms with Gasteiger partial charge in [0.15, 0.2) is 0 Å². The minimum atomic E-state index is -0.120. The Labute approximate surface area is 110 Å². The van der Waals surface area contributed by atoms with Gasteiger partial charge in [0, 0.05) is 18.1 Å². The summed E-state index contributed by atoms with van der Waals surface area (Å²) < 4.78 is 0. The summed E-state index contributed by atoms with van der Waals surface area (Å²) in [7, 11) is 0. The highest BCUT2D eigenvalue weighted by atomic mass is 35.5. The van der Waals surface area contributed by atoms with Gasteiger partial charge >= 0.3 is 0 Å². The summed E-state index contributed by atoms with van der Waals surface area (Å²) in [5, 5.41) is 6.65. The van der Waals surface area contributed by atoms with Crippen LogP contribution in [0.3, 0.4) is 0 Å². The quantitative estimate of drug-likeness (QED) is 0.866. The molecule has 0 saturated carbocycles. The Hall–Kier alpha value is -0.710. The molecule has 92 valence electrons. The van der Waals surface area contributed by atoms with Crippen LogP contribution < -0.4 is 10.6 Å². The van der Waals surface area contributed by atoms with Gasteiger partial charge in [-0.25, -0.2) is 0 Å². The molecule has 17 heavy (non-hydrogen) atoms. The van der Waals surface area contributed by atoms with Crippen LogP contribution in [0.4, 0.5) is 5.69 Å². The van der Waals surface area contributed by atoms with E-state index in [2.05, 4.69) is 10.6 Å². The number of rotatable bonds is 2. The van der Waals surface area contributed by atoms with Crippen LogP contribution in [0.25, 0.3) is 0 Å². The standard InChI is InChI=1S/C12H15ClN2OS/c1-8-2-3-9(13)10(6-8)15-12(16)11-7-17-5-4-14-11/h2-3,6,11,14H,4-5,7H2,1H3,(H,15,16). The van der Waals surface area contributed by atoms with Crippen LogP contribution >= 0.6 is 23.4 Å². The Morgan fingerprint density at radius 1 is 1.59 bits per heavy atom. The second kappa shape index (κ2) is 5.76. The zero-order chi connectivity index (χ0) is 12.3. The molecule has 1 fully saturated rings. The lowest BCUT2D eigenvalue weighted by molar-refractivity contribution is -0.117. The normalized spacial score (nSPS) is 20.0. The van der Waals surface area contributed by atoms with Crippen molar-refractivity contribution in [3.8, 4) is 0 Å². The first-order valence-corrected chi connectivity index (χ1v) is 7.08. The number of carbonyl (C=O) groups is 1. The lowest BCUT2D eigenvalue weighted by Crippen LogP contribution is -2.46. The number of hydrogen-bond donors (Lipinski definition) is 2. The zero-order valence-electron chi connectivity index (χ0n) is 9.63. The van der Waals surface area contributed by atoms with Crippen LogP contribution in [0.15, 0.2) is 18.2 Å². The number of aryl methyl sites for hydroxylation is 1. The van der Waals surface area contributed by atoms with Gasteiger partial charge in [0.1, 0.15) is 0 Å². The van der Waals surface area contributed by atoms with Crippen molar-refractivity contribution in [3.63, 3.8) is 0 Å². The van der Waals surface area contributed by atoms with E-state index in [4.69, 9.17) is 11.6 Å². The van der Waals surface area contributed by atoms with Crippen LogP contribution in [0.2, 0.25) is 5.02 Å². The molecule has 0 aromatic heterocycles. The van der Waals surface area contributed by atoms with E-state index >= 15 is 0 Å². The van der Waals surface area contributed by atoms with E-state index in [0.29, 0.717) is 10.7 Å². The molecule has 1 atom stereocenters. The Bertz CT molecular complexity index is 419. The molecule has 3 nitrogen and oxygen atoms in total. The molecule has 1 heterocycles. The molecule has 2 N–H and O–H groups in total. The van der Waals surface area contributed by atoms with E-state index in [9.17, 15) is 4.79 Å². The van der Waals surface area contributed by atoms with Gasteiger partial charge in [0.2, 0.25) is 5.91 Å². The van der Waals surface area contributed by atoms with Crippen molar-refractivity contribution in [2.45, 2.75) is 13.0 Å². The topological polar surface area (TPSA) is 41.1 Å². The highest BCUT2D eigenvalue weighted by molar-refractivity contribution is 7.99. The molecule has 0 radical (unpaired) electrons. The fraction of sp³-hybridized carbons (Fsp3) is 0.417. The lowest BCUT2D eigenvalue weighted by atomic mass is 10.2. The molecule has 1 aliphatic rings. The van der Waals surface area contributed by atoms with Crippen molar-refractivity contribution in [2.75, 3.05) is 23.4 Å². The van der Waals surface area contributed by atoms with E-state index in [1.54, 1.807) is 17.8 Å². The smallest absolute Gasteiger partial charge is 0.242 e. The number of thioether (sulfide) groups is 1. The molecular formula is C12H15ClN2OS. The predicted octanol–water partition coefficient (Wildman–Crippen LogP) is 2.29. The molecule has 2 rings (SSSR count). The summed E-state index contributed by atoms with van der Waals surface area (Å²) in [6, 6.07) is 5.49. The average Bonchev–Trinajstić information content (AvgIpc) is 2.35. The lowest BCUT2D eigenvalue weighted by Gasteiger charge is -2.22. The van der Waals surface area contributed by atoms with Crippen LogP contribution in [0.5, 0.6) is 0 Å². The first-order valence-electron chi connectivity index (χ1n) is 5.55. The van der Waals surface area contributed by atoms with Gasteiger partial charge in [-0.3, -0.25) is 4.79 Å². The van der Waals surface area contributed by atoms with Crippen molar-refractivity contribution in [1.29, 1.82) is 0 Å². The Morgan fingerprint density at radius 2 is 2.41 bits per heavy atom. The largest absolute Gasteiger partial charge is 0.323 e. The van der Waals surface area contributed by atoms with Crippen LogP contribution in [0.1, 0.15) is 5.56 Å². The molecule has 0 bridgehead atoms. The maximum absolute atomic E-state index is 12.0. The second-order valence-corrected chi connectivity index (χ2v) is 5.61. The Balaban J connectivity index is 2.04. The monoisotopic (exact) mass is 270 g/mol. The summed E-state index contributed by atoms with van der Waals surface area (Å²) in [6.07, 6.45) is 0. The maximum atomic E-state index is 12.0. The number of benzene rings is 1. The van der Waals surface area contributed by atoms with Crippen molar-refractivity contribution < 1.29 is 4.79 Å². The van der Waals surface area contributed by atoms with Gasteiger partial charge in [0.05, 0.1) is 16.8 Å². The van der Waals surface area contributed by atoms with Crippen LogP contribution in [0, 0.1) is 6.92 Å². The Morgan fingerprint density at radius 3 is 3.12 bits per heavy atom. The minimum Gasteiger partial charge on any atom is -0.323 e.